The highest BCUT2D eigenvalue weighted by Crippen LogP contribution is 2.27. The molecule has 0 aliphatic carbocycles. The van der Waals surface area contributed by atoms with Crippen molar-refractivity contribution >= 4 is 11.6 Å². The number of rotatable bonds is 4. The highest BCUT2D eigenvalue weighted by Gasteiger charge is 2.16. The molecule has 0 bridgehead atoms. The molecule has 1 amide bonds. The van der Waals surface area contributed by atoms with Gasteiger partial charge in [-0.15, -0.1) is 0 Å². The third kappa shape index (κ3) is 3.34. The molecule has 1 fully saturated rings. The van der Waals surface area contributed by atoms with Gasteiger partial charge in [0.25, 0.3) is 0 Å². The fraction of sp³-hybridized carbons (Fsp3) is 0.357. The van der Waals surface area contributed by atoms with E-state index in [0.717, 1.165) is 25.9 Å². The number of amides is 1. The van der Waals surface area contributed by atoms with E-state index in [4.69, 9.17) is 9.47 Å². The molecule has 1 aromatic rings. The van der Waals surface area contributed by atoms with Crippen molar-refractivity contribution in [2.75, 3.05) is 11.9 Å². The van der Waals surface area contributed by atoms with Crippen LogP contribution in [-0.4, -0.2) is 18.8 Å². The van der Waals surface area contributed by atoms with E-state index < -0.39 is 0 Å². The lowest BCUT2D eigenvalue weighted by atomic mass is 10.2. The number of carbonyl (C=O) groups is 1. The Kier molecular flexibility index (Phi) is 4.36. The van der Waals surface area contributed by atoms with Crippen molar-refractivity contribution in [1.29, 1.82) is 0 Å². The average Bonchev–Trinajstić information content (AvgIpc) is 2.42. The zero-order chi connectivity index (χ0) is 12.8. The van der Waals surface area contributed by atoms with Crippen LogP contribution < -0.4 is 10.1 Å². The molecule has 0 radical (unpaired) electrons. The van der Waals surface area contributed by atoms with Gasteiger partial charge in [0, 0.05) is 6.42 Å². The number of hydrogen-bond acceptors (Lipinski definition) is 3. The van der Waals surface area contributed by atoms with Gasteiger partial charge in [-0.25, -0.2) is 0 Å². The molecule has 4 nitrogen and oxygen atoms in total. The van der Waals surface area contributed by atoms with Crippen LogP contribution in [0.3, 0.4) is 0 Å². The lowest BCUT2D eigenvalue weighted by Crippen LogP contribution is -2.25. The molecule has 1 unspecified atom stereocenters. The summed E-state index contributed by atoms with van der Waals surface area (Å²) in [6, 6.07) is 7.31. The predicted molar refractivity (Wildman–Crippen MR) is 69.5 cm³/mol. The van der Waals surface area contributed by atoms with E-state index in [2.05, 4.69) is 11.9 Å². The first-order valence-electron chi connectivity index (χ1n) is 6.10. The fourth-order valence-corrected chi connectivity index (χ4v) is 1.80. The summed E-state index contributed by atoms with van der Waals surface area (Å²) in [4.78, 5) is 11.3. The van der Waals surface area contributed by atoms with Crippen LogP contribution in [-0.2, 0) is 9.53 Å². The number of carbonyl (C=O) groups excluding carboxylic acids is 1. The summed E-state index contributed by atoms with van der Waals surface area (Å²) >= 11 is 0. The van der Waals surface area contributed by atoms with Gasteiger partial charge in [-0.3, -0.25) is 4.79 Å². The number of para-hydroxylation sites is 2. The second kappa shape index (κ2) is 6.21. The zero-order valence-electron chi connectivity index (χ0n) is 10.2. The van der Waals surface area contributed by atoms with Crippen LogP contribution in [0, 0.1) is 0 Å². The second-order valence-corrected chi connectivity index (χ2v) is 4.10. The normalized spacial score (nSPS) is 19.0. The smallest absolute Gasteiger partial charge is 0.247 e. The van der Waals surface area contributed by atoms with Crippen molar-refractivity contribution in [2.45, 2.75) is 25.6 Å². The highest BCUT2D eigenvalue weighted by atomic mass is 16.7. The van der Waals surface area contributed by atoms with E-state index in [1.54, 1.807) is 6.07 Å². The number of anilines is 1. The van der Waals surface area contributed by atoms with Gasteiger partial charge in [-0.05, 0) is 31.1 Å². The maximum absolute atomic E-state index is 11.3. The van der Waals surface area contributed by atoms with Crippen LogP contribution >= 0.6 is 0 Å². The van der Waals surface area contributed by atoms with E-state index in [-0.39, 0.29) is 12.2 Å². The van der Waals surface area contributed by atoms with Crippen LogP contribution in [0.15, 0.2) is 36.9 Å². The number of nitrogens with one attached hydrogen (secondary N) is 1. The molecule has 1 heterocycles. The first kappa shape index (κ1) is 12.6. The van der Waals surface area contributed by atoms with Crippen molar-refractivity contribution in [2.24, 2.45) is 0 Å². The molecule has 0 spiro atoms. The molecule has 1 atom stereocenters. The quantitative estimate of drug-likeness (QED) is 0.832. The summed E-state index contributed by atoms with van der Waals surface area (Å²) in [6.07, 6.45) is 4.07. The Balaban J connectivity index is 2.06. The largest absolute Gasteiger partial charge is 0.463 e. The van der Waals surface area contributed by atoms with Crippen LogP contribution in [0.4, 0.5) is 5.69 Å². The molecule has 4 heteroatoms. The van der Waals surface area contributed by atoms with Crippen LogP contribution in [0.25, 0.3) is 0 Å². The molecular formula is C14H17NO3. The number of ether oxygens (including phenoxy) is 2. The van der Waals surface area contributed by atoms with Crippen molar-refractivity contribution in [3.8, 4) is 5.75 Å². The fourth-order valence-electron chi connectivity index (χ4n) is 1.80. The minimum atomic E-state index is -0.254. The first-order chi connectivity index (χ1) is 8.79. The molecule has 1 aromatic carbocycles. The van der Waals surface area contributed by atoms with Crippen molar-refractivity contribution < 1.29 is 14.3 Å². The van der Waals surface area contributed by atoms with Gasteiger partial charge >= 0.3 is 0 Å². The molecule has 18 heavy (non-hydrogen) atoms. The van der Waals surface area contributed by atoms with E-state index in [1.165, 1.54) is 6.08 Å². The van der Waals surface area contributed by atoms with Crippen LogP contribution in [0.2, 0.25) is 0 Å². The van der Waals surface area contributed by atoms with Gasteiger partial charge in [0.15, 0.2) is 6.29 Å². The van der Waals surface area contributed by atoms with Gasteiger partial charge in [-0.2, -0.15) is 0 Å². The van der Waals surface area contributed by atoms with Crippen molar-refractivity contribution in [1.82, 2.24) is 0 Å². The Morgan fingerprint density at radius 2 is 2.28 bits per heavy atom. The summed E-state index contributed by atoms with van der Waals surface area (Å²) in [5, 5.41) is 2.71. The molecule has 2 rings (SSSR count). The highest BCUT2D eigenvalue weighted by molar-refractivity contribution is 5.99. The lowest BCUT2D eigenvalue weighted by Gasteiger charge is -2.24. The molecule has 1 saturated heterocycles. The molecule has 1 aliphatic rings. The third-order valence-electron chi connectivity index (χ3n) is 2.73. The Bertz CT molecular complexity index is 425. The Hall–Kier alpha value is -1.81. The lowest BCUT2D eigenvalue weighted by molar-refractivity contribution is -0.112. The molecule has 1 aliphatic heterocycles. The monoisotopic (exact) mass is 247 g/mol. The van der Waals surface area contributed by atoms with Gasteiger partial charge in [0.2, 0.25) is 5.91 Å². The Labute approximate surface area is 107 Å². The predicted octanol–water partition coefficient (Wildman–Crippen LogP) is 2.72. The topological polar surface area (TPSA) is 47.6 Å². The summed E-state index contributed by atoms with van der Waals surface area (Å²) in [5.74, 6) is 0.371. The molecule has 0 saturated carbocycles. The average molecular weight is 247 g/mol. The van der Waals surface area contributed by atoms with Crippen molar-refractivity contribution in [3.63, 3.8) is 0 Å². The van der Waals surface area contributed by atoms with E-state index in [1.807, 2.05) is 18.2 Å². The van der Waals surface area contributed by atoms with Gasteiger partial charge in [0.1, 0.15) is 5.75 Å². The maximum Gasteiger partial charge on any atom is 0.247 e. The molecule has 96 valence electrons. The van der Waals surface area contributed by atoms with Crippen LogP contribution in [0.5, 0.6) is 5.75 Å². The zero-order valence-corrected chi connectivity index (χ0v) is 10.2. The minimum absolute atomic E-state index is 0.222. The third-order valence-corrected chi connectivity index (χ3v) is 2.73. The minimum Gasteiger partial charge on any atom is -0.463 e. The van der Waals surface area contributed by atoms with Gasteiger partial charge < -0.3 is 14.8 Å². The van der Waals surface area contributed by atoms with E-state index >= 15 is 0 Å². The summed E-state index contributed by atoms with van der Waals surface area (Å²) in [5.41, 5.74) is 0.636. The summed E-state index contributed by atoms with van der Waals surface area (Å²) < 4.78 is 11.3. The van der Waals surface area contributed by atoms with Crippen LogP contribution in [0.1, 0.15) is 19.3 Å². The number of benzene rings is 1. The van der Waals surface area contributed by atoms with Crippen molar-refractivity contribution in [3.05, 3.63) is 36.9 Å². The van der Waals surface area contributed by atoms with Gasteiger partial charge in [0.05, 0.1) is 12.3 Å². The first-order valence-corrected chi connectivity index (χ1v) is 6.10. The molecule has 0 aromatic heterocycles. The summed E-state index contributed by atoms with van der Waals surface area (Å²) in [7, 11) is 0. The Morgan fingerprint density at radius 1 is 1.44 bits per heavy atom. The second-order valence-electron chi connectivity index (χ2n) is 4.10. The van der Waals surface area contributed by atoms with Gasteiger partial charge in [-0.1, -0.05) is 18.7 Å². The standard InChI is InChI=1S/C14H17NO3/c1-2-13(16)15-11-7-3-4-8-12(11)18-14-9-5-6-10-17-14/h2-4,7-8,14H,1,5-6,9-10H2,(H,15,16). The molecule has 1 N–H and O–H groups in total. The Morgan fingerprint density at radius 3 is 3.00 bits per heavy atom. The van der Waals surface area contributed by atoms with E-state index in [0.29, 0.717) is 11.4 Å². The molecular weight excluding hydrogens is 230 g/mol. The summed E-state index contributed by atoms with van der Waals surface area (Å²) in [6.45, 7) is 4.15. The maximum atomic E-state index is 11.3. The van der Waals surface area contributed by atoms with E-state index in [9.17, 15) is 4.79 Å². The SMILES string of the molecule is C=CC(=O)Nc1ccccc1OC1CCCCO1. The number of hydrogen-bond donors (Lipinski definition) is 1.